The molecule has 0 aliphatic carbocycles. The minimum Gasteiger partial charge on any atom is -0.469 e. The first-order valence-corrected chi connectivity index (χ1v) is 7.11. The third-order valence-electron chi connectivity index (χ3n) is 3.01. The second-order valence-electron chi connectivity index (χ2n) is 4.75. The number of rotatable bonds is 4. The van der Waals surface area contributed by atoms with Crippen LogP contribution in [0.5, 0.6) is 0 Å². The summed E-state index contributed by atoms with van der Waals surface area (Å²) >= 11 is 1.40. The number of amides is 1. The Morgan fingerprint density at radius 2 is 2.15 bits per heavy atom. The molecule has 108 valence electrons. The summed E-state index contributed by atoms with van der Waals surface area (Å²) in [5, 5.41) is 8.85. The quantitative estimate of drug-likeness (QED) is 0.806. The van der Waals surface area contributed by atoms with Crippen molar-refractivity contribution < 1.29 is 9.21 Å². The van der Waals surface area contributed by atoms with Crippen molar-refractivity contribution >= 4 is 17.7 Å². The van der Waals surface area contributed by atoms with E-state index >= 15 is 0 Å². The predicted octanol–water partition coefficient (Wildman–Crippen LogP) is 1.95. The number of furan rings is 1. The lowest BCUT2D eigenvalue weighted by molar-refractivity contribution is -0.127. The molecule has 0 bridgehead atoms. The number of aryl methyl sites for hydroxylation is 1. The molecule has 2 aromatic heterocycles. The molecule has 0 saturated heterocycles. The summed E-state index contributed by atoms with van der Waals surface area (Å²) in [6, 6.07) is 1.86. The maximum absolute atomic E-state index is 11.9. The van der Waals surface area contributed by atoms with E-state index in [9.17, 15) is 4.79 Å². The van der Waals surface area contributed by atoms with Crippen LogP contribution in [0.4, 0.5) is 0 Å². The molecule has 0 saturated carbocycles. The second-order valence-corrected chi connectivity index (χ2v) is 6.06. The van der Waals surface area contributed by atoms with E-state index in [1.807, 2.05) is 31.5 Å². The van der Waals surface area contributed by atoms with Crippen LogP contribution in [-0.4, -0.2) is 44.9 Å². The fourth-order valence-electron chi connectivity index (χ4n) is 1.84. The van der Waals surface area contributed by atoms with Gasteiger partial charge >= 0.3 is 0 Å². The number of carbonyl (C=O) groups excluding carboxylic acids is 1. The molecule has 2 heterocycles. The summed E-state index contributed by atoms with van der Waals surface area (Å²) in [5.41, 5.74) is 0.915. The van der Waals surface area contributed by atoms with Crippen molar-refractivity contribution in [2.45, 2.75) is 24.3 Å². The molecule has 0 N–H and O–H groups in total. The summed E-state index contributed by atoms with van der Waals surface area (Å²) in [6.45, 7) is 3.75. The predicted molar refractivity (Wildman–Crippen MR) is 77.5 cm³/mol. The van der Waals surface area contributed by atoms with E-state index in [0.29, 0.717) is 5.16 Å². The van der Waals surface area contributed by atoms with Crippen LogP contribution in [0.3, 0.4) is 0 Å². The molecule has 0 radical (unpaired) electrons. The van der Waals surface area contributed by atoms with Gasteiger partial charge in [0.25, 0.3) is 0 Å². The van der Waals surface area contributed by atoms with Crippen LogP contribution in [0.1, 0.15) is 12.7 Å². The summed E-state index contributed by atoms with van der Waals surface area (Å²) in [4.78, 5) is 13.5. The summed E-state index contributed by atoms with van der Waals surface area (Å²) in [6.07, 6.45) is 1.63. The molecule has 0 spiro atoms. The Balaban J connectivity index is 2.22. The molecule has 2 aromatic rings. The van der Waals surface area contributed by atoms with Crippen LogP contribution in [0, 0.1) is 6.92 Å². The third-order valence-corrected chi connectivity index (χ3v) is 4.13. The molecule has 0 aliphatic heterocycles. The number of thioether (sulfide) groups is 1. The van der Waals surface area contributed by atoms with Gasteiger partial charge in [0.15, 0.2) is 11.0 Å². The Morgan fingerprint density at radius 1 is 1.45 bits per heavy atom. The molecule has 0 aliphatic rings. The fraction of sp³-hybridized carbons (Fsp3) is 0.462. The minimum atomic E-state index is -0.203. The lowest BCUT2D eigenvalue weighted by Gasteiger charge is -2.15. The van der Waals surface area contributed by atoms with Crippen molar-refractivity contribution in [3.05, 3.63) is 18.1 Å². The number of aromatic nitrogens is 3. The van der Waals surface area contributed by atoms with Crippen LogP contribution < -0.4 is 0 Å². The minimum absolute atomic E-state index is 0.0547. The van der Waals surface area contributed by atoms with E-state index in [-0.39, 0.29) is 11.2 Å². The number of hydrogen-bond donors (Lipinski definition) is 0. The Bertz CT molecular complexity index is 618. The standard InChI is InChI=1S/C13H18N4O2S/c1-8-10(6-7-19-8)11-14-15-13(17(11)5)20-9(2)12(18)16(3)4/h6-7,9H,1-5H3. The van der Waals surface area contributed by atoms with Crippen LogP contribution >= 0.6 is 11.8 Å². The Kier molecular flexibility index (Phi) is 4.17. The first-order chi connectivity index (χ1) is 9.41. The Hall–Kier alpha value is -1.76. The maximum Gasteiger partial charge on any atom is 0.235 e. The molecule has 2 rings (SSSR count). The van der Waals surface area contributed by atoms with Gasteiger partial charge in [-0.2, -0.15) is 0 Å². The third kappa shape index (κ3) is 2.72. The first kappa shape index (κ1) is 14.6. The Labute approximate surface area is 122 Å². The van der Waals surface area contributed by atoms with E-state index in [1.54, 1.807) is 25.3 Å². The van der Waals surface area contributed by atoms with Gasteiger partial charge in [0.1, 0.15) is 5.76 Å². The summed E-state index contributed by atoms with van der Waals surface area (Å²) < 4.78 is 7.16. The first-order valence-electron chi connectivity index (χ1n) is 6.23. The normalized spacial score (nSPS) is 12.4. The van der Waals surface area contributed by atoms with Gasteiger partial charge < -0.3 is 13.9 Å². The molecule has 0 aromatic carbocycles. The van der Waals surface area contributed by atoms with Crippen LogP contribution in [0.25, 0.3) is 11.4 Å². The highest BCUT2D eigenvalue weighted by Crippen LogP contribution is 2.28. The van der Waals surface area contributed by atoms with Crippen molar-refractivity contribution in [2.24, 2.45) is 7.05 Å². The molecule has 6 nitrogen and oxygen atoms in total. The fourth-order valence-corrected chi connectivity index (χ4v) is 2.80. The molecule has 1 amide bonds. The maximum atomic E-state index is 11.9. The molecule has 7 heteroatoms. The molecule has 0 fully saturated rings. The summed E-state index contributed by atoms with van der Waals surface area (Å²) in [5.74, 6) is 1.59. The van der Waals surface area contributed by atoms with Gasteiger partial charge in [0.05, 0.1) is 17.1 Å². The highest BCUT2D eigenvalue weighted by Gasteiger charge is 2.21. The van der Waals surface area contributed by atoms with E-state index in [1.165, 1.54) is 11.8 Å². The number of nitrogens with zero attached hydrogens (tertiary/aromatic N) is 4. The van der Waals surface area contributed by atoms with Crippen LogP contribution in [-0.2, 0) is 11.8 Å². The van der Waals surface area contributed by atoms with Crippen molar-refractivity contribution in [1.82, 2.24) is 19.7 Å². The highest BCUT2D eigenvalue weighted by atomic mass is 32.2. The van der Waals surface area contributed by atoms with Gasteiger partial charge in [0.2, 0.25) is 5.91 Å². The molecule has 1 unspecified atom stereocenters. The van der Waals surface area contributed by atoms with Gasteiger partial charge in [-0.3, -0.25) is 4.79 Å². The van der Waals surface area contributed by atoms with Gasteiger partial charge in [-0.1, -0.05) is 11.8 Å². The van der Waals surface area contributed by atoms with Gasteiger partial charge in [-0.05, 0) is 19.9 Å². The number of carbonyl (C=O) groups is 1. The van der Waals surface area contributed by atoms with Crippen LogP contribution in [0.2, 0.25) is 0 Å². The zero-order valence-corrected chi connectivity index (χ0v) is 13.1. The van der Waals surface area contributed by atoms with E-state index < -0.39 is 0 Å². The smallest absolute Gasteiger partial charge is 0.235 e. The van der Waals surface area contributed by atoms with E-state index in [0.717, 1.165) is 17.1 Å². The molecule has 20 heavy (non-hydrogen) atoms. The van der Waals surface area contributed by atoms with Gasteiger partial charge in [0, 0.05) is 21.1 Å². The second kappa shape index (κ2) is 5.70. The highest BCUT2D eigenvalue weighted by molar-refractivity contribution is 8.00. The van der Waals surface area contributed by atoms with Crippen molar-refractivity contribution in [3.8, 4) is 11.4 Å². The van der Waals surface area contributed by atoms with Crippen LogP contribution in [0.15, 0.2) is 21.9 Å². The molecular weight excluding hydrogens is 276 g/mol. The van der Waals surface area contributed by atoms with Crippen molar-refractivity contribution in [3.63, 3.8) is 0 Å². The Morgan fingerprint density at radius 3 is 2.70 bits per heavy atom. The van der Waals surface area contributed by atoms with Gasteiger partial charge in [-0.15, -0.1) is 10.2 Å². The summed E-state index contributed by atoms with van der Waals surface area (Å²) in [7, 11) is 5.38. The zero-order valence-electron chi connectivity index (χ0n) is 12.2. The van der Waals surface area contributed by atoms with Crippen molar-refractivity contribution in [1.29, 1.82) is 0 Å². The monoisotopic (exact) mass is 294 g/mol. The van der Waals surface area contributed by atoms with Crippen molar-refractivity contribution in [2.75, 3.05) is 14.1 Å². The average molecular weight is 294 g/mol. The number of hydrogen-bond acceptors (Lipinski definition) is 5. The largest absolute Gasteiger partial charge is 0.469 e. The zero-order chi connectivity index (χ0) is 14.9. The van der Waals surface area contributed by atoms with E-state index in [2.05, 4.69) is 10.2 Å². The lowest BCUT2D eigenvalue weighted by Crippen LogP contribution is -2.29. The SMILES string of the molecule is Cc1occc1-c1nnc(SC(C)C(=O)N(C)C)n1C. The molecule has 1 atom stereocenters. The van der Waals surface area contributed by atoms with Gasteiger partial charge in [-0.25, -0.2) is 0 Å². The average Bonchev–Trinajstić information content (AvgIpc) is 2.96. The van der Waals surface area contributed by atoms with E-state index in [4.69, 9.17) is 4.42 Å². The lowest BCUT2D eigenvalue weighted by atomic mass is 10.2. The topological polar surface area (TPSA) is 64.2 Å². The molecular formula is C13H18N4O2S.